The first-order valence-electron chi connectivity index (χ1n) is 6.01. The Hall–Kier alpha value is -2.51. The molecule has 0 aliphatic rings. The lowest BCUT2D eigenvalue weighted by Gasteiger charge is -2.09. The quantitative estimate of drug-likeness (QED) is 0.822. The summed E-state index contributed by atoms with van der Waals surface area (Å²) in [5, 5.41) is 4.32. The summed E-state index contributed by atoms with van der Waals surface area (Å²) in [7, 11) is 0. The maximum Gasteiger partial charge on any atom is 0.338 e. The van der Waals surface area contributed by atoms with E-state index in [0.29, 0.717) is 6.07 Å². The molecule has 6 nitrogen and oxygen atoms in total. The van der Waals surface area contributed by atoms with Crippen molar-refractivity contribution in [3.8, 4) is 0 Å². The molecule has 0 saturated heterocycles. The van der Waals surface area contributed by atoms with Gasteiger partial charge in [0, 0.05) is 12.1 Å². The van der Waals surface area contributed by atoms with Crippen LogP contribution in [0.15, 0.2) is 18.2 Å². The highest BCUT2D eigenvalue weighted by atomic mass is 19.1. The average molecular weight is 300 g/mol. The van der Waals surface area contributed by atoms with E-state index in [2.05, 4.69) is 10.1 Å². The third-order valence-corrected chi connectivity index (χ3v) is 2.11. The first kappa shape index (κ1) is 16.5. The number of urea groups is 1. The molecule has 1 aromatic carbocycles. The molecule has 0 bridgehead atoms. The molecule has 0 radical (unpaired) electrons. The number of hydrogen-bond donors (Lipinski definition) is 2. The van der Waals surface area contributed by atoms with Gasteiger partial charge in [-0.1, -0.05) is 0 Å². The van der Waals surface area contributed by atoms with Crippen molar-refractivity contribution in [3.05, 3.63) is 35.4 Å². The van der Waals surface area contributed by atoms with Crippen LogP contribution in [-0.2, 0) is 9.53 Å². The number of carbonyl (C=O) groups is 3. The highest BCUT2D eigenvalue weighted by molar-refractivity contribution is 5.97. The van der Waals surface area contributed by atoms with Crippen LogP contribution in [0, 0.1) is 11.6 Å². The first-order chi connectivity index (χ1) is 9.77. The number of amides is 3. The van der Waals surface area contributed by atoms with Crippen molar-refractivity contribution in [2.24, 2.45) is 0 Å². The SMILES string of the molecule is CC(C)NC(=O)NC(=O)COC(=O)c1cc(F)cc(F)c1. The van der Waals surface area contributed by atoms with E-state index < -0.39 is 36.1 Å². The van der Waals surface area contributed by atoms with Gasteiger partial charge >= 0.3 is 12.0 Å². The highest BCUT2D eigenvalue weighted by Gasteiger charge is 2.14. The van der Waals surface area contributed by atoms with Crippen LogP contribution in [0.3, 0.4) is 0 Å². The highest BCUT2D eigenvalue weighted by Crippen LogP contribution is 2.09. The number of ether oxygens (including phenoxy) is 1. The summed E-state index contributed by atoms with van der Waals surface area (Å²) < 4.78 is 30.3. The minimum Gasteiger partial charge on any atom is -0.452 e. The fourth-order valence-electron chi connectivity index (χ4n) is 1.35. The molecule has 0 aromatic heterocycles. The van der Waals surface area contributed by atoms with Gasteiger partial charge in [0.2, 0.25) is 0 Å². The third kappa shape index (κ3) is 5.98. The Kier molecular flexibility index (Phi) is 5.77. The van der Waals surface area contributed by atoms with Gasteiger partial charge in [-0.05, 0) is 26.0 Å². The van der Waals surface area contributed by atoms with E-state index in [0.717, 1.165) is 12.1 Å². The Bertz CT molecular complexity index is 541. The zero-order valence-electron chi connectivity index (χ0n) is 11.4. The molecule has 3 amide bonds. The standard InChI is InChI=1S/C13H14F2N2O4/c1-7(2)16-13(20)17-11(18)6-21-12(19)8-3-9(14)5-10(15)4-8/h3-5,7H,6H2,1-2H3,(H2,16,17,18,20). The van der Waals surface area contributed by atoms with Gasteiger partial charge in [-0.15, -0.1) is 0 Å². The molecule has 0 saturated carbocycles. The van der Waals surface area contributed by atoms with E-state index >= 15 is 0 Å². The van der Waals surface area contributed by atoms with Crippen LogP contribution in [0.5, 0.6) is 0 Å². The van der Waals surface area contributed by atoms with E-state index in [9.17, 15) is 23.2 Å². The molecule has 2 N–H and O–H groups in total. The Morgan fingerprint density at radius 3 is 2.24 bits per heavy atom. The average Bonchev–Trinajstić information content (AvgIpc) is 2.33. The largest absolute Gasteiger partial charge is 0.452 e. The van der Waals surface area contributed by atoms with Crippen LogP contribution in [0.4, 0.5) is 13.6 Å². The summed E-state index contributed by atoms with van der Waals surface area (Å²) in [6.07, 6.45) is 0. The lowest BCUT2D eigenvalue weighted by atomic mass is 10.2. The summed E-state index contributed by atoms with van der Waals surface area (Å²) in [4.78, 5) is 34.0. The van der Waals surface area contributed by atoms with E-state index in [4.69, 9.17) is 0 Å². The van der Waals surface area contributed by atoms with Gasteiger partial charge < -0.3 is 10.1 Å². The van der Waals surface area contributed by atoms with Gasteiger partial charge in [-0.2, -0.15) is 0 Å². The monoisotopic (exact) mass is 300 g/mol. The summed E-state index contributed by atoms with van der Waals surface area (Å²) in [6, 6.07) is 1.24. The van der Waals surface area contributed by atoms with Crippen molar-refractivity contribution in [2.45, 2.75) is 19.9 Å². The van der Waals surface area contributed by atoms with Gasteiger partial charge in [0.05, 0.1) is 5.56 Å². The normalized spacial score (nSPS) is 10.1. The van der Waals surface area contributed by atoms with Crippen LogP contribution in [0.1, 0.15) is 24.2 Å². The molecule has 0 unspecified atom stereocenters. The van der Waals surface area contributed by atoms with Crippen molar-refractivity contribution in [3.63, 3.8) is 0 Å². The zero-order chi connectivity index (χ0) is 16.0. The van der Waals surface area contributed by atoms with E-state index in [1.54, 1.807) is 13.8 Å². The number of nitrogens with one attached hydrogen (secondary N) is 2. The second-order valence-corrected chi connectivity index (χ2v) is 4.41. The molecule has 8 heteroatoms. The van der Waals surface area contributed by atoms with Gasteiger partial charge in [-0.25, -0.2) is 18.4 Å². The summed E-state index contributed by atoms with van der Waals surface area (Å²) >= 11 is 0. The topological polar surface area (TPSA) is 84.5 Å². The predicted octanol–water partition coefficient (Wildman–Crippen LogP) is 1.36. The molecular formula is C13H14F2N2O4. The fourth-order valence-corrected chi connectivity index (χ4v) is 1.35. The summed E-state index contributed by atoms with van der Waals surface area (Å²) in [6.45, 7) is 2.65. The molecule has 0 aliphatic heterocycles. The van der Waals surface area contributed by atoms with Crippen LogP contribution < -0.4 is 10.6 Å². The maximum atomic E-state index is 12.9. The second kappa shape index (κ2) is 7.32. The van der Waals surface area contributed by atoms with Crippen molar-refractivity contribution in [2.75, 3.05) is 6.61 Å². The number of imide groups is 1. The molecule has 0 aliphatic carbocycles. The van der Waals surface area contributed by atoms with Crippen molar-refractivity contribution >= 4 is 17.9 Å². The van der Waals surface area contributed by atoms with Crippen LogP contribution in [0.2, 0.25) is 0 Å². The van der Waals surface area contributed by atoms with Crippen LogP contribution in [-0.4, -0.2) is 30.6 Å². The summed E-state index contributed by atoms with van der Waals surface area (Å²) in [5.74, 6) is -3.82. The van der Waals surface area contributed by atoms with E-state index in [1.807, 2.05) is 5.32 Å². The van der Waals surface area contributed by atoms with E-state index in [-0.39, 0.29) is 11.6 Å². The van der Waals surface area contributed by atoms with Gasteiger partial charge in [-0.3, -0.25) is 10.1 Å². The number of esters is 1. The molecule has 21 heavy (non-hydrogen) atoms. The number of hydrogen-bond acceptors (Lipinski definition) is 4. The Morgan fingerprint density at radius 1 is 1.14 bits per heavy atom. The number of carbonyl (C=O) groups excluding carboxylic acids is 3. The molecule has 0 heterocycles. The predicted molar refractivity (Wildman–Crippen MR) is 68.5 cm³/mol. The third-order valence-electron chi connectivity index (χ3n) is 2.11. The first-order valence-corrected chi connectivity index (χ1v) is 6.01. The molecule has 1 rings (SSSR count). The lowest BCUT2D eigenvalue weighted by molar-refractivity contribution is -0.123. The van der Waals surface area contributed by atoms with E-state index in [1.165, 1.54) is 0 Å². The Balaban J connectivity index is 2.49. The Labute approximate surface area is 119 Å². The van der Waals surface area contributed by atoms with Gasteiger partial charge in [0.1, 0.15) is 11.6 Å². The van der Waals surface area contributed by atoms with Crippen LogP contribution >= 0.6 is 0 Å². The van der Waals surface area contributed by atoms with Gasteiger partial charge in [0.15, 0.2) is 6.61 Å². The van der Waals surface area contributed by atoms with Crippen molar-refractivity contribution < 1.29 is 27.9 Å². The number of benzene rings is 1. The zero-order valence-corrected chi connectivity index (χ0v) is 11.4. The molecule has 0 atom stereocenters. The number of rotatable bonds is 4. The minimum absolute atomic E-state index is 0.171. The second-order valence-electron chi connectivity index (χ2n) is 4.41. The Morgan fingerprint density at radius 2 is 1.71 bits per heavy atom. The molecule has 114 valence electrons. The van der Waals surface area contributed by atoms with Crippen molar-refractivity contribution in [1.82, 2.24) is 10.6 Å². The number of halogens is 2. The fraction of sp³-hybridized carbons (Fsp3) is 0.308. The molecule has 0 fully saturated rings. The van der Waals surface area contributed by atoms with Crippen molar-refractivity contribution in [1.29, 1.82) is 0 Å². The molecular weight excluding hydrogens is 286 g/mol. The summed E-state index contributed by atoms with van der Waals surface area (Å²) in [5.41, 5.74) is -0.369. The molecule has 1 aromatic rings. The maximum absolute atomic E-state index is 12.9. The lowest BCUT2D eigenvalue weighted by Crippen LogP contribution is -2.44. The van der Waals surface area contributed by atoms with Gasteiger partial charge in [0.25, 0.3) is 5.91 Å². The molecule has 0 spiro atoms. The smallest absolute Gasteiger partial charge is 0.338 e. The van der Waals surface area contributed by atoms with Crippen LogP contribution in [0.25, 0.3) is 0 Å². The minimum atomic E-state index is -1.08.